The first kappa shape index (κ1) is 29.5. The second kappa shape index (κ2) is 13.8. The van der Waals surface area contributed by atoms with Gasteiger partial charge in [0.1, 0.15) is 10.0 Å². The number of rotatable bonds is 5. The van der Waals surface area contributed by atoms with Crippen molar-refractivity contribution >= 4 is 45.6 Å². The number of morpholine rings is 1. The number of para-hydroxylation sites is 1. The summed E-state index contributed by atoms with van der Waals surface area (Å²) >= 11 is 1.45. The number of ether oxygens (including phenoxy) is 2. The molecule has 2 aliphatic heterocycles. The standard InChI is InChI=1S/C29H26N8O3S.C2H6/c30-24(23-28(37-14-16-39-17-15-37)41-27(35-23)19-10-12-32-13-11-19)40-29(31)36-25-26(38)33-21-9-5-4-8-20(21)22(34-25)18-6-2-1-3-7-18;1-2/h1-13,25,30H,14-17H2,(H2,31,36)(H,33,38);1-2H3. The predicted octanol–water partition coefficient (Wildman–Crippen LogP) is 4.54. The van der Waals surface area contributed by atoms with Gasteiger partial charge in [-0.2, -0.15) is 4.99 Å². The maximum Gasteiger partial charge on any atom is 0.291 e. The van der Waals surface area contributed by atoms with Crippen LogP contribution in [0, 0.1) is 5.41 Å². The molecule has 11 nitrogen and oxygen atoms in total. The van der Waals surface area contributed by atoms with E-state index in [0.29, 0.717) is 48.4 Å². The van der Waals surface area contributed by atoms with Crippen LogP contribution in [0.15, 0.2) is 89.1 Å². The van der Waals surface area contributed by atoms with Crippen LogP contribution in [0.25, 0.3) is 10.6 Å². The second-order valence-electron chi connectivity index (χ2n) is 9.16. The van der Waals surface area contributed by atoms with Crippen LogP contribution in [0.4, 0.5) is 10.7 Å². The molecule has 6 rings (SSSR count). The number of hydrogen-bond acceptors (Lipinski definition) is 10. The summed E-state index contributed by atoms with van der Waals surface area (Å²) in [5, 5.41) is 13.1. The molecule has 220 valence electrons. The lowest BCUT2D eigenvalue weighted by Crippen LogP contribution is -2.37. The fourth-order valence-electron chi connectivity index (χ4n) is 4.52. The van der Waals surface area contributed by atoms with Crippen LogP contribution in [-0.2, 0) is 14.3 Å². The summed E-state index contributed by atoms with van der Waals surface area (Å²) in [4.78, 5) is 33.0. The Balaban J connectivity index is 0.00000180. The van der Waals surface area contributed by atoms with Crippen molar-refractivity contribution in [1.29, 1.82) is 5.41 Å². The van der Waals surface area contributed by atoms with Gasteiger partial charge in [0, 0.05) is 42.2 Å². The molecule has 43 heavy (non-hydrogen) atoms. The van der Waals surface area contributed by atoms with E-state index in [9.17, 15) is 4.79 Å². The summed E-state index contributed by atoms with van der Waals surface area (Å²) in [6, 6.07) is 20.3. The van der Waals surface area contributed by atoms with Crippen molar-refractivity contribution < 1.29 is 14.3 Å². The smallest absolute Gasteiger partial charge is 0.291 e. The highest BCUT2D eigenvalue weighted by Crippen LogP contribution is 2.35. The largest absolute Gasteiger partial charge is 0.405 e. The number of carbonyl (C=O) groups is 1. The summed E-state index contributed by atoms with van der Waals surface area (Å²) in [5.41, 5.74) is 10.2. The maximum absolute atomic E-state index is 13.1. The minimum atomic E-state index is -1.23. The van der Waals surface area contributed by atoms with Gasteiger partial charge in [-0.3, -0.25) is 15.2 Å². The van der Waals surface area contributed by atoms with Gasteiger partial charge in [0.25, 0.3) is 11.9 Å². The SMILES string of the molecule is CC.N=C(O/C(N)=N/C1N=C(c2ccccc2)c2ccccc2NC1=O)c1nc(-c2ccncc2)sc1N1CCOCC1. The Labute approximate surface area is 253 Å². The summed E-state index contributed by atoms with van der Waals surface area (Å²) in [5.74, 6) is -0.752. The predicted molar refractivity (Wildman–Crippen MR) is 170 cm³/mol. The number of carbonyl (C=O) groups excluding carboxylic acids is 1. The normalized spacial score (nSPS) is 16.6. The summed E-state index contributed by atoms with van der Waals surface area (Å²) in [6.07, 6.45) is 2.15. The van der Waals surface area contributed by atoms with Gasteiger partial charge in [-0.05, 0) is 18.2 Å². The zero-order chi connectivity index (χ0) is 30.2. The number of nitrogens with two attached hydrogens (primary N) is 1. The van der Waals surface area contributed by atoms with E-state index in [0.717, 1.165) is 21.7 Å². The number of benzodiazepines with no additional fused rings is 1. The fraction of sp³-hybridized carbons (Fsp3) is 0.226. The summed E-state index contributed by atoms with van der Waals surface area (Å²) in [7, 11) is 0. The van der Waals surface area contributed by atoms with Crippen molar-refractivity contribution in [2.24, 2.45) is 15.7 Å². The number of thiazole rings is 1. The number of fused-ring (bicyclic) bond motifs is 1. The minimum absolute atomic E-state index is 0.283. The molecule has 0 aliphatic carbocycles. The molecule has 4 aromatic rings. The molecule has 0 saturated carbocycles. The number of pyridine rings is 1. The van der Waals surface area contributed by atoms with E-state index < -0.39 is 12.1 Å². The zero-order valence-electron chi connectivity index (χ0n) is 23.9. The molecule has 0 spiro atoms. The van der Waals surface area contributed by atoms with Crippen molar-refractivity contribution in [2.75, 3.05) is 36.5 Å². The highest BCUT2D eigenvalue weighted by molar-refractivity contribution is 7.19. The second-order valence-corrected chi connectivity index (χ2v) is 10.1. The molecule has 1 atom stereocenters. The molecule has 4 N–H and O–H groups in total. The molecule has 1 amide bonds. The van der Waals surface area contributed by atoms with Crippen LogP contribution in [0.2, 0.25) is 0 Å². The maximum atomic E-state index is 13.1. The first-order valence-corrected chi connectivity index (χ1v) is 14.8. The van der Waals surface area contributed by atoms with Crippen molar-refractivity contribution in [1.82, 2.24) is 9.97 Å². The number of hydrogen-bond donors (Lipinski definition) is 3. The molecule has 2 aromatic carbocycles. The van der Waals surface area contributed by atoms with Gasteiger partial charge in [0.05, 0.1) is 24.6 Å². The molecule has 2 aliphatic rings. The van der Waals surface area contributed by atoms with Crippen LogP contribution in [0.3, 0.4) is 0 Å². The Morgan fingerprint density at radius 2 is 1.74 bits per heavy atom. The molecular formula is C31H32N8O3S. The number of amidine groups is 1. The van der Waals surface area contributed by atoms with Gasteiger partial charge in [-0.15, -0.1) is 0 Å². The summed E-state index contributed by atoms with van der Waals surface area (Å²) < 4.78 is 11.2. The molecule has 12 heteroatoms. The third-order valence-electron chi connectivity index (χ3n) is 6.48. The van der Waals surface area contributed by atoms with E-state index in [4.69, 9.17) is 25.6 Å². The highest BCUT2D eigenvalue weighted by atomic mass is 32.1. The average molecular weight is 597 g/mol. The third kappa shape index (κ3) is 6.76. The lowest BCUT2D eigenvalue weighted by molar-refractivity contribution is -0.117. The molecule has 0 radical (unpaired) electrons. The van der Waals surface area contributed by atoms with Crippen molar-refractivity contribution in [3.63, 3.8) is 0 Å². The Morgan fingerprint density at radius 3 is 2.49 bits per heavy atom. The Hall–Kier alpha value is -4.94. The lowest BCUT2D eigenvalue weighted by Gasteiger charge is -2.27. The van der Waals surface area contributed by atoms with E-state index in [1.165, 1.54) is 11.3 Å². The number of benzene rings is 2. The van der Waals surface area contributed by atoms with E-state index >= 15 is 0 Å². The Morgan fingerprint density at radius 1 is 1.05 bits per heavy atom. The summed E-state index contributed by atoms with van der Waals surface area (Å²) in [6.45, 7) is 6.45. The quantitative estimate of drug-likeness (QED) is 0.226. The monoisotopic (exact) mass is 596 g/mol. The van der Waals surface area contributed by atoms with Gasteiger partial charge in [0.2, 0.25) is 12.1 Å². The molecule has 1 saturated heterocycles. The number of nitrogens with one attached hydrogen (secondary N) is 2. The van der Waals surface area contributed by atoms with Gasteiger partial charge in [-0.1, -0.05) is 73.7 Å². The van der Waals surface area contributed by atoms with Gasteiger partial charge < -0.3 is 25.4 Å². The Kier molecular flexibility index (Phi) is 9.49. The topological polar surface area (TPSA) is 151 Å². The molecular weight excluding hydrogens is 564 g/mol. The van der Waals surface area contributed by atoms with Crippen LogP contribution in [-0.4, -0.2) is 66.0 Å². The van der Waals surface area contributed by atoms with E-state index in [1.807, 2.05) is 80.6 Å². The van der Waals surface area contributed by atoms with Crippen molar-refractivity contribution in [3.8, 4) is 10.6 Å². The first-order chi connectivity index (χ1) is 21.1. The lowest BCUT2D eigenvalue weighted by atomic mass is 10.0. The van der Waals surface area contributed by atoms with Gasteiger partial charge in [0.15, 0.2) is 5.69 Å². The molecule has 0 bridgehead atoms. The van der Waals surface area contributed by atoms with Gasteiger partial charge in [-0.25, -0.2) is 9.98 Å². The van der Waals surface area contributed by atoms with E-state index in [-0.39, 0.29) is 11.9 Å². The van der Waals surface area contributed by atoms with Gasteiger partial charge >= 0.3 is 0 Å². The molecule has 2 aromatic heterocycles. The van der Waals surface area contributed by atoms with Crippen LogP contribution in [0.5, 0.6) is 0 Å². The van der Waals surface area contributed by atoms with Crippen molar-refractivity contribution in [3.05, 3.63) is 95.9 Å². The van der Waals surface area contributed by atoms with E-state index in [2.05, 4.69) is 25.2 Å². The van der Waals surface area contributed by atoms with Crippen LogP contribution < -0.4 is 16.0 Å². The number of aromatic nitrogens is 2. The number of amides is 1. The molecule has 1 unspecified atom stereocenters. The zero-order valence-corrected chi connectivity index (χ0v) is 24.7. The fourth-order valence-corrected chi connectivity index (χ4v) is 5.64. The van der Waals surface area contributed by atoms with Crippen molar-refractivity contribution in [2.45, 2.75) is 20.0 Å². The highest BCUT2D eigenvalue weighted by Gasteiger charge is 2.28. The molecule has 4 heterocycles. The third-order valence-corrected chi connectivity index (χ3v) is 7.64. The first-order valence-electron chi connectivity index (χ1n) is 13.9. The minimum Gasteiger partial charge on any atom is -0.405 e. The number of anilines is 2. The molecule has 1 fully saturated rings. The average Bonchev–Trinajstić information content (AvgIpc) is 3.46. The van der Waals surface area contributed by atoms with Crippen LogP contribution in [0.1, 0.15) is 30.7 Å². The number of nitrogens with zero attached hydrogens (tertiary/aromatic N) is 5. The van der Waals surface area contributed by atoms with E-state index in [1.54, 1.807) is 12.4 Å². The Bertz CT molecular complexity index is 1630. The number of aliphatic imine (C=N–C) groups is 2. The van der Waals surface area contributed by atoms with Crippen LogP contribution >= 0.6 is 11.3 Å².